The highest BCUT2D eigenvalue weighted by atomic mass is 16.7. The number of hydrogen-bond donors (Lipinski definition) is 1. The van der Waals surface area contributed by atoms with E-state index in [1.54, 1.807) is 16.7 Å². The molecular formula is C22H29NO3. The molecule has 1 saturated heterocycles. The van der Waals surface area contributed by atoms with Gasteiger partial charge in [0.1, 0.15) is 0 Å². The lowest BCUT2D eigenvalue weighted by Crippen LogP contribution is -2.49. The largest absolute Gasteiger partial charge is 0.388 e. The predicted octanol–water partition coefficient (Wildman–Crippen LogP) is 4.01. The van der Waals surface area contributed by atoms with E-state index in [1.165, 1.54) is 6.42 Å². The first-order valence-electron chi connectivity index (χ1n) is 10.3. The summed E-state index contributed by atoms with van der Waals surface area (Å²) in [5.41, 5.74) is 3.72. The molecule has 0 aromatic rings. The molecule has 4 nitrogen and oxygen atoms in total. The highest BCUT2D eigenvalue weighted by molar-refractivity contribution is 5.45. The van der Waals surface area contributed by atoms with Gasteiger partial charge in [-0.3, -0.25) is 0 Å². The Morgan fingerprint density at radius 3 is 2.81 bits per heavy atom. The number of hydrogen-bond acceptors (Lipinski definition) is 4. The zero-order valence-corrected chi connectivity index (χ0v) is 15.7. The van der Waals surface area contributed by atoms with Gasteiger partial charge in [-0.15, -0.1) is 0 Å². The fourth-order valence-electron chi connectivity index (χ4n) is 6.82. The Hall–Kier alpha value is -1.15. The average molecular weight is 355 g/mol. The molecule has 2 fully saturated rings. The summed E-state index contributed by atoms with van der Waals surface area (Å²) >= 11 is 0. The quantitative estimate of drug-likeness (QED) is 0.772. The maximum Gasteiger partial charge on any atom is 0.172 e. The van der Waals surface area contributed by atoms with Crippen LogP contribution in [0, 0.1) is 28.6 Å². The summed E-state index contributed by atoms with van der Waals surface area (Å²) in [7, 11) is 0. The van der Waals surface area contributed by atoms with Crippen LogP contribution in [-0.2, 0) is 9.47 Å². The maximum absolute atomic E-state index is 11.2. The van der Waals surface area contributed by atoms with Crippen molar-refractivity contribution in [3.05, 3.63) is 22.8 Å². The van der Waals surface area contributed by atoms with Crippen LogP contribution < -0.4 is 0 Å². The van der Waals surface area contributed by atoms with Crippen molar-refractivity contribution in [1.29, 1.82) is 5.26 Å². The third-order valence-corrected chi connectivity index (χ3v) is 8.34. The van der Waals surface area contributed by atoms with Gasteiger partial charge in [0.2, 0.25) is 0 Å². The van der Waals surface area contributed by atoms with E-state index in [9.17, 15) is 10.4 Å². The second-order valence-corrected chi connectivity index (χ2v) is 9.30. The Morgan fingerprint density at radius 1 is 1.23 bits per heavy atom. The standard InChI is InChI=1S/C22H29NO3/c1-20-7-4-17-16-5-9-22(25-12-13-26-22)14-15(16)2-3-18(17)19(20)6-8-21(20,24)10-11-23/h4,18-19,24H,2-3,5-10,12-14H2,1H3/t18-,19+,20+,21+/m1/s1. The lowest BCUT2D eigenvalue weighted by Gasteiger charge is -2.50. The zero-order valence-electron chi connectivity index (χ0n) is 15.7. The molecule has 5 aliphatic rings. The van der Waals surface area contributed by atoms with Crippen molar-refractivity contribution in [3.8, 4) is 6.07 Å². The molecule has 1 heterocycles. The van der Waals surface area contributed by atoms with Crippen molar-refractivity contribution >= 4 is 0 Å². The van der Waals surface area contributed by atoms with Crippen molar-refractivity contribution in [3.63, 3.8) is 0 Å². The molecule has 4 heteroatoms. The summed E-state index contributed by atoms with van der Waals surface area (Å²) in [6, 6.07) is 2.25. The molecule has 0 amide bonds. The number of nitrogens with zero attached hydrogens (tertiary/aromatic N) is 1. The molecule has 0 unspecified atom stereocenters. The topological polar surface area (TPSA) is 62.5 Å². The minimum absolute atomic E-state index is 0.150. The molecule has 140 valence electrons. The van der Waals surface area contributed by atoms with E-state index in [1.807, 2.05) is 0 Å². The Balaban J connectivity index is 1.47. The van der Waals surface area contributed by atoms with Gasteiger partial charge in [-0.25, -0.2) is 0 Å². The van der Waals surface area contributed by atoms with Crippen LogP contribution >= 0.6 is 0 Å². The fourth-order valence-corrected chi connectivity index (χ4v) is 6.82. The zero-order chi connectivity index (χ0) is 18.0. The van der Waals surface area contributed by atoms with Gasteiger partial charge in [-0.2, -0.15) is 5.26 Å². The molecule has 1 aliphatic heterocycles. The minimum Gasteiger partial charge on any atom is -0.388 e. The fraction of sp³-hybridized carbons (Fsp3) is 0.773. The van der Waals surface area contributed by atoms with Gasteiger partial charge in [-0.05, 0) is 61.5 Å². The van der Waals surface area contributed by atoms with Crippen molar-refractivity contribution in [1.82, 2.24) is 0 Å². The molecule has 0 bridgehead atoms. The number of aliphatic hydroxyl groups is 1. The van der Waals surface area contributed by atoms with E-state index in [2.05, 4.69) is 19.1 Å². The Morgan fingerprint density at radius 2 is 2.04 bits per heavy atom. The SMILES string of the molecule is C[C@]12CC=C3C4=C(CC[C@H]3[C@@H]1CC[C@]2(O)CC#N)CC1(CC4)OCCO1. The van der Waals surface area contributed by atoms with Crippen molar-refractivity contribution in [2.24, 2.45) is 17.3 Å². The summed E-state index contributed by atoms with van der Waals surface area (Å²) < 4.78 is 11.9. The summed E-state index contributed by atoms with van der Waals surface area (Å²) in [6.07, 6.45) is 10.7. The Labute approximate surface area is 155 Å². The van der Waals surface area contributed by atoms with Crippen LogP contribution in [0.1, 0.15) is 64.7 Å². The van der Waals surface area contributed by atoms with Crippen LogP contribution in [0.2, 0.25) is 0 Å². The Kier molecular flexibility index (Phi) is 3.71. The molecule has 1 N–H and O–H groups in total. The third-order valence-electron chi connectivity index (χ3n) is 8.34. The Bertz CT molecular complexity index is 726. The average Bonchev–Trinajstić information content (AvgIpc) is 3.18. The second kappa shape index (κ2) is 5.67. The number of ether oxygens (including phenoxy) is 2. The van der Waals surface area contributed by atoms with E-state index in [0.29, 0.717) is 11.8 Å². The summed E-state index contributed by atoms with van der Waals surface area (Å²) in [6.45, 7) is 3.69. The first-order chi connectivity index (χ1) is 12.5. The lowest BCUT2D eigenvalue weighted by atomic mass is 9.56. The third kappa shape index (κ3) is 2.17. The minimum atomic E-state index is -0.814. The molecule has 5 rings (SSSR count). The molecule has 0 aromatic carbocycles. The summed E-state index contributed by atoms with van der Waals surface area (Å²) in [5.74, 6) is 0.722. The smallest absolute Gasteiger partial charge is 0.172 e. The highest BCUT2D eigenvalue weighted by Crippen LogP contribution is 2.63. The molecule has 0 aromatic heterocycles. The molecule has 1 spiro atoms. The summed E-state index contributed by atoms with van der Waals surface area (Å²) in [5, 5.41) is 20.4. The number of rotatable bonds is 1. The highest BCUT2D eigenvalue weighted by Gasteiger charge is 2.60. The van der Waals surface area contributed by atoms with E-state index >= 15 is 0 Å². The van der Waals surface area contributed by atoms with E-state index in [-0.39, 0.29) is 17.6 Å². The van der Waals surface area contributed by atoms with Crippen molar-refractivity contribution in [2.45, 2.75) is 76.1 Å². The van der Waals surface area contributed by atoms with Crippen LogP contribution in [-0.4, -0.2) is 29.7 Å². The normalized spacial score (nSPS) is 43.5. The second-order valence-electron chi connectivity index (χ2n) is 9.30. The monoisotopic (exact) mass is 355 g/mol. The number of fused-ring (bicyclic) bond motifs is 4. The van der Waals surface area contributed by atoms with Gasteiger partial charge in [0, 0.05) is 18.3 Å². The van der Waals surface area contributed by atoms with Gasteiger partial charge < -0.3 is 14.6 Å². The molecule has 4 aliphatic carbocycles. The number of allylic oxidation sites excluding steroid dienone is 3. The van der Waals surface area contributed by atoms with Gasteiger partial charge in [0.15, 0.2) is 5.79 Å². The molecule has 26 heavy (non-hydrogen) atoms. The van der Waals surface area contributed by atoms with Crippen molar-refractivity contribution < 1.29 is 14.6 Å². The molecule has 0 radical (unpaired) electrons. The van der Waals surface area contributed by atoms with E-state index < -0.39 is 5.60 Å². The predicted molar refractivity (Wildman–Crippen MR) is 96.9 cm³/mol. The van der Waals surface area contributed by atoms with Crippen LogP contribution in [0.4, 0.5) is 0 Å². The lowest BCUT2D eigenvalue weighted by molar-refractivity contribution is -0.164. The number of nitriles is 1. The van der Waals surface area contributed by atoms with Crippen LogP contribution in [0.5, 0.6) is 0 Å². The van der Waals surface area contributed by atoms with Gasteiger partial charge in [-0.1, -0.05) is 18.6 Å². The molecule has 4 atom stereocenters. The van der Waals surface area contributed by atoms with E-state index in [4.69, 9.17) is 9.47 Å². The first kappa shape index (κ1) is 17.0. The van der Waals surface area contributed by atoms with Gasteiger partial charge >= 0.3 is 0 Å². The van der Waals surface area contributed by atoms with Gasteiger partial charge in [0.25, 0.3) is 0 Å². The molecule has 1 saturated carbocycles. The maximum atomic E-state index is 11.2. The van der Waals surface area contributed by atoms with Crippen molar-refractivity contribution in [2.75, 3.05) is 13.2 Å². The molecular weight excluding hydrogens is 326 g/mol. The summed E-state index contributed by atoms with van der Waals surface area (Å²) in [4.78, 5) is 0. The van der Waals surface area contributed by atoms with Gasteiger partial charge in [0.05, 0.1) is 31.3 Å². The van der Waals surface area contributed by atoms with Crippen LogP contribution in [0.15, 0.2) is 22.8 Å². The van der Waals surface area contributed by atoms with Crippen LogP contribution in [0.25, 0.3) is 0 Å². The first-order valence-corrected chi connectivity index (χ1v) is 10.3. The van der Waals surface area contributed by atoms with Crippen LogP contribution in [0.3, 0.4) is 0 Å². The van der Waals surface area contributed by atoms with E-state index in [0.717, 1.165) is 58.2 Å².